The zero-order valence-corrected chi connectivity index (χ0v) is 25.7. The highest BCUT2D eigenvalue weighted by Crippen LogP contribution is 2.58. The van der Waals surface area contributed by atoms with Crippen LogP contribution in [0.25, 0.3) is 22.2 Å². The van der Waals surface area contributed by atoms with Gasteiger partial charge >= 0.3 is 13.5 Å². The zero-order valence-electron chi connectivity index (χ0n) is 22.2. The predicted octanol–water partition coefficient (Wildman–Crippen LogP) is 0.340. The molecule has 0 saturated carbocycles. The van der Waals surface area contributed by atoms with E-state index in [2.05, 4.69) is 32.2 Å². The number of nitrogens with two attached hydrogens (primary N) is 1. The van der Waals surface area contributed by atoms with Crippen LogP contribution in [0.4, 0.5) is 5.95 Å². The molecule has 0 amide bonds. The Morgan fingerprint density at radius 3 is 2.39 bits per heavy atom. The highest BCUT2D eigenvalue weighted by molar-refractivity contribution is 8.44. The lowest BCUT2D eigenvalue weighted by molar-refractivity contribution is -0.0576. The third kappa shape index (κ3) is 5.43. The first-order valence-electron chi connectivity index (χ1n) is 13.0. The summed E-state index contributed by atoms with van der Waals surface area (Å²) >= 11 is 9.32. The van der Waals surface area contributed by atoms with Crippen molar-refractivity contribution in [2.24, 2.45) is 0 Å². The number of benzene rings is 1. The van der Waals surface area contributed by atoms with Gasteiger partial charge in [0.2, 0.25) is 5.95 Å². The van der Waals surface area contributed by atoms with Gasteiger partial charge in [-0.3, -0.25) is 27.9 Å². The van der Waals surface area contributed by atoms with Crippen LogP contribution in [0.2, 0.25) is 0 Å². The number of ether oxygens (including phenoxy) is 2. The largest absolute Gasteiger partial charge is 0.386 e. The Hall–Kier alpha value is -2.29. The first kappa shape index (κ1) is 30.4. The van der Waals surface area contributed by atoms with Crippen LogP contribution < -0.4 is 11.3 Å². The van der Waals surface area contributed by atoms with Gasteiger partial charge in [-0.05, 0) is 23.9 Å². The topological polar surface area (TPSA) is 241 Å². The molecular weight excluding hydrogens is 664 g/mol. The van der Waals surface area contributed by atoms with E-state index in [9.17, 15) is 24.5 Å². The second kappa shape index (κ2) is 11.2. The maximum Gasteiger partial charge on any atom is 0.386 e. The molecular formula is C22H25N7O11P2S2. The molecule has 3 saturated heterocycles. The number of thiol groups is 1. The van der Waals surface area contributed by atoms with Gasteiger partial charge in [-0.2, -0.15) is 4.98 Å². The number of rotatable bonds is 2. The van der Waals surface area contributed by atoms with E-state index in [1.165, 1.54) is 17.2 Å². The van der Waals surface area contributed by atoms with Crippen molar-refractivity contribution in [2.45, 2.75) is 49.1 Å². The number of imidazole rings is 2. The van der Waals surface area contributed by atoms with Crippen LogP contribution >= 0.6 is 25.8 Å². The third-order valence-corrected chi connectivity index (χ3v) is 10.6. The molecule has 18 nitrogen and oxygen atoms in total. The van der Waals surface area contributed by atoms with E-state index in [0.29, 0.717) is 11.0 Å². The molecule has 0 bridgehead atoms. The second-order valence-electron chi connectivity index (χ2n) is 10.2. The number of para-hydroxylation sites is 2. The minimum absolute atomic E-state index is 0.00589. The Morgan fingerprint density at radius 1 is 1.00 bits per heavy atom. The average Bonchev–Trinajstić information content (AvgIpc) is 3.72. The minimum atomic E-state index is -4.27. The number of aliphatic hydroxyl groups excluding tert-OH is 2. The van der Waals surface area contributed by atoms with Crippen LogP contribution in [-0.4, -0.2) is 94.0 Å². The first-order chi connectivity index (χ1) is 20.9. The van der Waals surface area contributed by atoms with Gasteiger partial charge in [-0.25, -0.2) is 14.5 Å². The van der Waals surface area contributed by atoms with Crippen molar-refractivity contribution >= 4 is 65.7 Å². The number of aromatic amines is 1. The summed E-state index contributed by atoms with van der Waals surface area (Å²) in [7, 11) is 0. The number of nitrogens with one attached hydrogen (secondary N) is 1. The van der Waals surface area contributed by atoms with Crippen LogP contribution in [-0.2, 0) is 43.9 Å². The van der Waals surface area contributed by atoms with E-state index in [4.69, 9.17) is 45.1 Å². The maximum absolute atomic E-state index is 13.4. The van der Waals surface area contributed by atoms with E-state index in [1.54, 1.807) is 22.8 Å². The summed E-state index contributed by atoms with van der Waals surface area (Å²) in [5, 5.41) is 22.5. The fraction of sp³-hybridized carbons (Fsp3) is 0.455. The van der Waals surface area contributed by atoms with E-state index < -0.39 is 81.4 Å². The predicted molar refractivity (Wildman–Crippen MR) is 157 cm³/mol. The van der Waals surface area contributed by atoms with E-state index in [-0.39, 0.29) is 17.1 Å². The lowest BCUT2D eigenvalue weighted by Crippen LogP contribution is -2.38. The van der Waals surface area contributed by atoms with Gasteiger partial charge in [0.1, 0.15) is 36.6 Å². The Balaban J connectivity index is 1.17. The van der Waals surface area contributed by atoms with E-state index in [0.717, 1.165) is 0 Å². The van der Waals surface area contributed by atoms with E-state index >= 15 is 0 Å². The van der Waals surface area contributed by atoms with E-state index in [1.807, 2.05) is 6.07 Å². The van der Waals surface area contributed by atoms with Gasteiger partial charge < -0.3 is 39.4 Å². The van der Waals surface area contributed by atoms with Crippen LogP contribution in [0.1, 0.15) is 12.5 Å². The zero-order chi connectivity index (χ0) is 31.0. The monoisotopic (exact) mass is 689 g/mol. The summed E-state index contributed by atoms with van der Waals surface area (Å²) in [6.45, 7) is -9.39. The second-order valence-corrected chi connectivity index (χ2v) is 15.9. The lowest BCUT2D eigenvalue weighted by atomic mass is 10.1. The third-order valence-electron chi connectivity index (χ3n) is 7.41. The van der Waals surface area contributed by atoms with Gasteiger partial charge in [-0.15, -0.1) is 0 Å². The summed E-state index contributed by atoms with van der Waals surface area (Å²) in [5.41, 5.74) is 6.28. The standard InChI is InChI=1S/C22H25N7O11P2S2/c23-22-26-18-13(19(32)27-22)25-8-29(18)21-15(31)17-12(38-21)6-36-41(33,43)39-16-11(5-35-42(34,44)40-17)37-20(14(16)30)28-7-24-9-3-1-2-4-10(9)28/h1-4,7-8,11-12,14-17,20-21,30-31H,5-6H2,(H,33,43)(H,34,44)(H3,23,26,27,32)/t11-,12-,14?,15+,16+,17?,20-,21-,41?,42?/m1/s1. The molecule has 10 atom stereocenters. The van der Waals surface area contributed by atoms with Gasteiger partial charge in [0.15, 0.2) is 23.6 Å². The summed E-state index contributed by atoms with van der Waals surface area (Å²) in [5.74, 6) is -0.201. The van der Waals surface area contributed by atoms with Crippen molar-refractivity contribution < 1.29 is 47.2 Å². The number of hydrogen-bond acceptors (Lipinski definition) is 15. The SMILES string of the molecule is Nc1nc2c(ncn2[C@@H]2O[C@@H]3COP(O)(=S)O[C@@H]4C(O)[C@H](n5cnc6ccccc65)O[C@@H]4COP(=O)(S)OC3[C@@H]2O)c(=O)[nH]1. The number of anilines is 1. The van der Waals surface area contributed by atoms with Gasteiger partial charge in [0, 0.05) is 0 Å². The molecule has 236 valence electrons. The van der Waals surface area contributed by atoms with Crippen molar-refractivity contribution in [2.75, 3.05) is 18.9 Å². The van der Waals surface area contributed by atoms with Crippen LogP contribution in [0, 0.1) is 0 Å². The molecule has 6 N–H and O–H groups in total. The van der Waals surface area contributed by atoms with Crippen molar-refractivity contribution in [1.29, 1.82) is 0 Å². The van der Waals surface area contributed by atoms with Gasteiger partial charge in [0.05, 0.1) is 36.9 Å². The smallest absolute Gasteiger partial charge is 0.386 e. The number of aromatic nitrogens is 6. The maximum atomic E-state index is 13.4. The fourth-order valence-electron chi connectivity index (χ4n) is 5.44. The molecule has 4 aromatic rings. The molecule has 0 aliphatic carbocycles. The van der Waals surface area contributed by atoms with Crippen molar-refractivity contribution in [1.82, 2.24) is 29.1 Å². The Bertz CT molecular complexity index is 1890. The highest BCUT2D eigenvalue weighted by Gasteiger charge is 2.52. The van der Waals surface area contributed by atoms with Crippen LogP contribution in [0.3, 0.4) is 0 Å². The van der Waals surface area contributed by atoms with Gasteiger partial charge in [0.25, 0.3) is 5.56 Å². The minimum Gasteiger partial charge on any atom is -0.386 e. The summed E-state index contributed by atoms with van der Waals surface area (Å²) in [6, 6.07) is 7.16. The number of nitrogens with zero attached hydrogens (tertiary/aromatic N) is 5. The normalized spacial score (nSPS) is 38.3. The van der Waals surface area contributed by atoms with Crippen molar-refractivity contribution in [3.63, 3.8) is 0 Å². The number of hydrogen-bond donors (Lipinski definition) is 6. The van der Waals surface area contributed by atoms with Crippen LogP contribution in [0.5, 0.6) is 0 Å². The molecule has 7 rings (SSSR count). The highest BCUT2D eigenvalue weighted by atomic mass is 32.7. The van der Waals surface area contributed by atoms with Crippen molar-refractivity contribution in [3.8, 4) is 0 Å². The Labute approximate surface area is 257 Å². The quantitative estimate of drug-likeness (QED) is 0.123. The molecule has 0 spiro atoms. The average molecular weight is 690 g/mol. The Morgan fingerprint density at radius 2 is 1.64 bits per heavy atom. The number of H-pyrrole nitrogens is 1. The molecule has 3 fully saturated rings. The van der Waals surface area contributed by atoms with Crippen LogP contribution in [0.15, 0.2) is 41.7 Å². The molecule has 22 heteroatoms. The molecule has 1 aromatic carbocycles. The molecule has 4 unspecified atom stereocenters. The fourth-order valence-corrected chi connectivity index (χ4v) is 8.38. The van der Waals surface area contributed by atoms with Crippen molar-refractivity contribution in [3.05, 3.63) is 47.3 Å². The molecule has 6 heterocycles. The number of aliphatic hydroxyl groups is 2. The molecule has 3 aliphatic rings. The molecule has 0 radical (unpaired) electrons. The molecule has 44 heavy (non-hydrogen) atoms. The molecule has 3 aliphatic heterocycles. The summed E-state index contributed by atoms with van der Waals surface area (Å²) < 4.78 is 50.7. The lowest BCUT2D eigenvalue weighted by Gasteiger charge is -2.29. The number of nitrogen functional groups attached to an aromatic ring is 1. The Kier molecular flexibility index (Phi) is 7.73. The number of fused-ring (bicyclic) bond motifs is 4. The first-order valence-corrected chi connectivity index (χ1v) is 18.3. The summed E-state index contributed by atoms with van der Waals surface area (Å²) in [6.07, 6.45) is -7.69. The summed E-state index contributed by atoms with van der Waals surface area (Å²) in [4.78, 5) is 38.0. The molecule has 3 aromatic heterocycles. The van der Waals surface area contributed by atoms with Gasteiger partial charge in [-0.1, -0.05) is 24.4 Å².